The van der Waals surface area contributed by atoms with E-state index in [4.69, 9.17) is 32.7 Å². The Bertz CT molecular complexity index is 434. The number of piperidine rings is 1. The molecule has 1 aromatic carbocycles. The fourth-order valence-electron chi connectivity index (χ4n) is 2.52. The van der Waals surface area contributed by atoms with Crippen molar-refractivity contribution in [1.82, 2.24) is 0 Å². The van der Waals surface area contributed by atoms with E-state index in [1.54, 1.807) is 17.0 Å². The Labute approximate surface area is 137 Å². The predicted octanol–water partition coefficient (Wildman–Crippen LogP) is 2.70. The SMILES string of the molecule is CC1CC[NH+](CCOCCOc2ccc(Cl)c(Cl)c2)CC1. The van der Waals surface area contributed by atoms with Gasteiger partial charge in [0.1, 0.15) is 18.9 Å². The first kappa shape index (κ1) is 16.9. The second-order valence-electron chi connectivity index (χ2n) is 5.72. The summed E-state index contributed by atoms with van der Waals surface area (Å²) >= 11 is 11.8. The summed E-state index contributed by atoms with van der Waals surface area (Å²) in [5, 5.41) is 1.05. The van der Waals surface area contributed by atoms with Gasteiger partial charge in [-0.2, -0.15) is 0 Å². The lowest BCUT2D eigenvalue weighted by Gasteiger charge is -2.27. The molecule has 21 heavy (non-hydrogen) atoms. The Balaban J connectivity index is 1.53. The van der Waals surface area contributed by atoms with Gasteiger partial charge in [-0.25, -0.2) is 0 Å². The molecule has 0 aliphatic carbocycles. The van der Waals surface area contributed by atoms with Gasteiger partial charge in [0.05, 0.1) is 36.3 Å². The first-order valence-electron chi connectivity index (χ1n) is 7.64. The van der Waals surface area contributed by atoms with Crippen LogP contribution in [0.15, 0.2) is 18.2 Å². The fraction of sp³-hybridized carbons (Fsp3) is 0.625. The molecule has 0 bridgehead atoms. The lowest BCUT2D eigenvalue weighted by Crippen LogP contribution is -3.13. The van der Waals surface area contributed by atoms with E-state index in [2.05, 4.69) is 6.92 Å². The van der Waals surface area contributed by atoms with Gasteiger partial charge in [-0.1, -0.05) is 30.1 Å². The largest absolute Gasteiger partial charge is 0.491 e. The summed E-state index contributed by atoms with van der Waals surface area (Å²) in [5.41, 5.74) is 0. The quantitative estimate of drug-likeness (QED) is 0.776. The molecule has 0 aromatic heterocycles. The van der Waals surface area contributed by atoms with Gasteiger partial charge in [0.15, 0.2) is 0 Å². The third-order valence-corrected chi connectivity index (χ3v) is 4.71. The zero-order valence-electron chi connectivity index (χ0n) is 12.5. The van der Waals surface area contributed by atoms with E-state index < -0.39 is 0 Å². The molecular formula is C16H24Cl2NO2+. The fourth-order valence-corrected chi connectivity index (χ4v) is 2.81. The van der Waals surface area contributed by atoms with Crippen LogP contribution in [0.1, 0.15) is 19.8 Å². The number of halogens is 2. The van der Waals surface area contributed by atoms with Crippen molar-refractivity contribution < 1.29 is 14.4 Å². The molecule has 1 aliphatic heterocycles. The maximum Gasteiger partial charge on any atom is 0.121 e. The van der Waals surface area contributed by atoms with Crippen molar-refractivity contribution in [2.45, 2.75) is 19.8 Å². The molecule has 0 unspecified atom stereocenters. The number of hydrogen-bond acceptors (Lipinski definition) is 2. The van der Waals surface area contributed by atoms with E-state index in [0.29, 0.717) is 23.3 Å². The molecule has 0 spiro atoms. The van der Waals surface area contributed by atoms with Crippen molar-refractivity contribution in [3.63, 3.8) is 0 Å². The van der Waals surface area contributed by atoms with Crippen LogP contribution < -0.4 is 9.64 Å². The molecule has 0 amide bonds. The average Bonchev–Trinajstić information content (AvgIpc) is 2.48. The maximum absolute atomic E-state index is 5.93. The molecular weight excluding hydrogens is 309 g/mol. The van der Waals surface area contributed by atoms with Crippen LogP contribution in [0.25, 0.3) is 0 Å². The minimum atomic E-state index is 0.512. The Morgan fingerprint density at radius 1 is 1.10 bits per heavy atom. The number of rotatable bonds is 7. The van der Waals surface area contributed by atoms with Gasteiger partial charge in [0.2, 0.25) is 0 Å². The number of ether oxygens (including phenoxy) is 2. The summed E-state index contributed by atoms with van der Waals surface area (Å²) in [4.78, 5) is 1.67. The Hall–Kier alpha value is -0.480. The number of hydrogen-bond donors (Lipinski definition) is 1. The van der Waals surface area contributed by atoms with E-state index in [-0.39, 0.29) is 0 Å². The van der Waals surface area contributed by atoms with E-state index in [9.17, 15) is 0 Å². The van der Waals surface area contributed by atoms with Crippen molar-refractivity contribution in [2.75, 3.05) is 39.5 Å². The normalized spacial score (nSPS) is 22.2. The molecule has 5 heteroatoms. The summed E-state index contributed by atoms with van der Waals surface area (Å²) in [7, 11) is 0. The summed E-state index contributed by atoms with van der Waals surface area (Å²) in [6, 6.07) is 5.27. The van der Waals surface area contributed by atoms with Crippen LogP contribution >= 0.6 is 23.2 Å². The third-order valence-electron chi connectivity index (χ3n) is 3.97. The van der Waals surface area contributed by atoms with Crippen LogP contribution in [-0.2, 0) is 4.74 Å². The van der Waals surface area contributed by atoms with Crippen molar-refractivity contribution in [3.05, 3.63) is 28.2 Å². The van der Waals surface area contributed by atoms with Crippen LogP contribution in [-0.4, -0.2) is 39.5 Å². The Morgan fingerprint density at radius 3 is 2.57 bits per heavy atom. The highest BCUT2D eigenvalue weighted by Crippen LogP contribution is 2.26. The minimum Gasteiger partial charge on any atom is -0.491 e. The van der Waals surface area contributed by atoms with Crippen molar-refractivity contribution in [1.29, 1.82) is 0 Å². The van der Waals surface area contributed by atoms with Gasteiger partial charge in [-0.05, 0) is 30.9 Å². The topological polar surface area (TPSA) is 22.9 Å². The van der Waals surface area contributed by atoms with Crippen molar-refractivity contribution in [3.8, 4) is 5.75 Å². The van der Waals surface area contributed by atoms with Crippen LogP contribution in [0.4, 0.5) is 0 Å². The van der Waals surface area contributed by atoms with Crippen LogP contribution in [0.2, 0.25) is 10.0 Å². The van der Waals surface area contributed by atoms with Crippen LogP contribution in [0, 0.1) is 5.92 Å². The molecule has 1 saturated heterocycles. The van der Waals surface area contributed by atoms with E-state index >= 15 is 0 Å². The Kier molecular flexibility index (Phi) is 7.11. The highest BCUT2D eigenvalue weighted by Gasteiger charge is 2.17. The predicted molar refractivity (Wildman–Crippen MR) is 86.7 cm³/mol. The van der Waals surface area contributed by atoms with Crippen molar-refractivity contribution in [2.24, 2.45) is 5.92 Å². The molecule has 0 atom stereocenters. The van der Waals surface area contributed by atoms with Gasteiger partial charge < -0.3 is 14.4 Å². The molecule has 1 N–H and O–H groups in total. The Morgan fingerprint density at radius 2 is 1.86 bits per heavy atom. The number of quaternary nitrogens is 1. The van der Waals surface area contributed by atoms with Crippen LogP contribution in [0.5, 0.6) is 5.75 Å². The first-order valence-corrected chi connectivity index (χ1v) is 8.40. The summed E-state index contributed by atoms with van der Waals surface area (Å²) in [5.74, 6) is 1.62. The third kappa shape index (κ3) is 6.03. The number of benzene rings is 1. The van der Waals surface area contributed by atoms with E-state index in [1.807, 2.05) is 6.07 Å². The second-order valence-corrected chi connectivity index (χ2v) is 6.53. The standard InChI is InChI=1S/C16H23Cl2NO2/c1-13-4-6-19(7-5-13)8-9-20-10-11-21-14-2-3-15(17)16(18)12-14/h2-3,12-13H,4-11H2,1H3/p+1. The molecule has 0 saturated carbocycles. The molecule has 118 valence electrons. The zero-order chi connectivity index (χ0) is 15.1. The zero-order valence-corrected chi connectivity index (χ0v) is 14.1. The summed E-state index contributed by atoms with van der Waals surface area (Å²) in [6.07, 6.45) is 2.69. The highest BCUT2D eigenvalue weighted by molar-refractivity contribution is 6.42. The van der Waals surface area contributed by atoms with Gasteiger partial charge in [-0.3, -0.25) is 0 Å². The second kappa shape index (κ2) is 8.84. The van der Waals surface area contributed by atoms with Gasteiger partial charge in [0.25, 0.3) is 0 Å². The maximum atomic E-state index is 5.93. The summed E-state index contributed by atoms with van der Waals surface area (Å²) < 4.78 is 11.2. The van der Waals surface area contributed by atoms with Gasteiger partial charge in [0, 0.05) is 6.07 Å². The lowest BCUT2D eigenvalue weighted by atomic mass is 9.99. The van der Waals surface area contributed by atoms with Gasteiger partial charge >= 0.3 is 0 Å². The molecule has 1 heterocycles. The molecule has 3 nitrogen and oxygen atoms in total. The van der Waals surface area contributed by atoms with E-state index in [0.717, 1.165) is 24.8 Å². The van der Waals surface area contributed by atoms with Gasteiger partial charge in [-0.15, -0.1) is 0 Å². The molecule has 2 rings (SSSR count). The molecule has 1 aromatic rings. The first-order chi connectivity index (χ1) is 10.1. The number of likely N-dealkylation sites (tertiary alicyclic amines) is 1. The molecule has 1 fully saturated rings. The molecule has 0 radical (unpaired) electrons. The lowest BCUT2D eigenvalue weighted by molar-refractivity contribution is -0.906. The van der Waals surface area contributed by atoms with Crippen LogP contribution in [0.3, 0.4) is 0 Å². The monoisotopic (exact) mass is 332 g/mol. The smallest absolute Gasteiger partial charge is 0.121 e. The number of nitrogens with one attached hydrogen (secondary N) is 1. The minimum absolute atomic E-state index is 0.512. The molecule has 1 aliphatic rings. The average molecular weight is 333 g/mol. The summed E-state index contributed by atoms with van der Waals surface area (Å²) in [6.45, 7) is 7.93. The highest BCUT2D eigenvalue weighted by atomic mass is 35.5. The van der Waals surface area contributed by atoms with Crippen molar-refractivity contribution >= 4 is 23.2 Å². The van der Waals surface area contributed by atoms with E-state index in [1.165, 1.54) is 25.9 Å².